The number of amides is 1. The largest absolute Gasteiger partial charge is 0.411 e. The molecule has 30 heavy (non-hydrogen) atoms. The van der Waals surface area contributed by atoms with Crippen LogP contribution in [-0.2, 0) is 4.79 Å². The van der Waals surface area contributed by atoms with E-state index in [1.165, 1.54) is 31.0 Å². The molecule has 2 N–H and O–H groups in total. The maximum Gasteiger partial charge on any atom is 0.277 e. The molecule has 7 heteroatoms. The Balaban J connectivity index is 1.15. The Kier molecular flexibility index (Phi) is 4.23. The van der Waals surface area contributed by atoms with Crippen molar-refractivity contribution in [3.63, 3.8) is 0 Å². The molecule has 4 saturated carbocycles. The van der Waals surface area contributed by atoms with Crippen LogP contribution in [0.15, 0.2) is 40.1 Å². The predicted molar refractivity (Wildman–Crippen MR) is 116 cm³/mol. The first-order chi connectivity index (χ1) is 14.6. The summed E-state index contributed by atoms with van der Waals surface area (Å²) in [6, 6.07) is 8.02. The average Bonchev–Trinajstić information content (AvgIpc) is 3.33. The highest BCUT2D eigenvalue weighted by atomic mass is 32.2. The molecule has 4 fully saturated rings. The van der Waals surface area contributed by atoms with Gasteiger partial charge in [-0.2, -0.15) is 0 Å². The van der Waals surface area contributed by atoms with Crippen LogP contribution >= 0.6 is 11.8 Å². The summed E-state index contributed by atoms with van der Waals surface area (Å²) in [5.41, 5.74) is 1.95. The number of rotatable bonds is 5. The molecular formula is C23H26N4O2S. The molecule has 6 nitrogen and oxygen atoms in total. The number of nitrogens with one attached hydrogen (secondary N) is 2. The van der Waals surface area contributed by atoms with Gasteiger partial charge in [-0.1, -0.05) is 30.0 Å². The summed E-state index contributed by atoms with van der Waals surface area (Å²) in [6.45, 7) is 1.93. The van der Waals surface area contributed by atoms with Crippen LogP contribution in [-0.4, -0.2) is 31.9 Å². The molecule has 7 rings (SSSR count). The minimum absolute atomic E-state index is 0.0324. The number of hydrogen-bond donors (Lipinski definition) is 2. The van der Waals surface area contributed by atoms with Crippen LogP contribution in [0.2, 0.25) is 0 Å². The van der Waals surface area contributed by atoms with Gasteiger partial charge < -0.3 is 14.7 Å². The van der Waals surface area contributed by atoms with Crippen molar-refractivity contribution in [2.75, 3.05) is 0 Å². The van der Waals surface area contributed by atoms with Gasteiger partial charge >= 0.3 is 0 Å². The zero-order valence-electron chi connectivity index (χ0n) is 17.1. The summed E-state index contributed by atoms with van der Waals surface area (Å²) >= 11 is 1.34. The molecule has 0 aliphatic heterocycles. The van der Waals surface area contributed by atoms with Crippen molar-refractivity contribution in [1.82, 2.24) is 20.5 Å². The molecule has 2 aromatic heterocycles. The molecule has 1 aromatic carbocycles. The number of aromatic nitrogens is 3. The number of thioether (sulfide) groups is 1. The Hall–Kier alpha value is -2.28. The van der Waals surface area contributed by atoms with Crippen molar-refractivity contribution < 1.29 is 9.21 Å². The molecule has 0 unspecified atom stereocenters. The molecule has 0 radical (unpaired) electrons. The number of carbonyl (C=O) groups excluding carboxylic acids is 1. The van der Waals surface area contributed by atoms with Crippen molar-refractivity contribution in [1.29, 1.82) is 0 Å². The first-order valence-electron chi connectivity index (χ1n) is 11.0. The minimum atomic E-state index is -0.269. The van der Waals surface area contributed by atoms with Crippen LogP contribution in [0.3, 0.4) is 0 Å². The minimum Gasteiger partial charge on any atom is -0.411 e. The molecule has 1 atom stereocenters. The van der Waals surface area contributed by atoms with Gasteiger partial charge in [0.2, 0.25) is 5.91 Å². The summed E-state index contributed by atoms with van der Waals surface area (Å²) in [4.78, 5) is 16.2. The van der Waals surface area contributed by atoms with Gasteiger partial charge in [0, 0.05) is 22.6 Å². The van der Waals surface area contributed by atoms with E-state index in [9.17, 15) is 4.79 Å². The number of para-hydroxylation sites is 1. The van der Waals surface area contributed by atoms with E-state index in [4.69, 9.17) is 4.42 Å². The standard InChI is InChI=1S/C23H26N4O2S/c1-13(20(28)25-23-9-14-6-15(10-23)8-16(7-14)11-23)30-22-27-26-21(29-22)18-12-24-19-5-3-2-4-17(18)19/h2-5,12-16,24H,6-11H2,1H3,(H,25,28)/t13-,14?,15?,16?,23?/m0/s1. The lowest BCUT2D eigenvalue weighted by atomic mass is 9.53. The normalized spacial score (nSPS) is 30.6. The van der Waals surface area contributed by atoms with Crippen LogP contribution in [0.1, 0.15) is 45.4 Å². The lowest BCUT2D eigenvalue weighted by Crippen LogP contribution is -2.60. The maximum absolute atomic E-state index is 13.0. The highest BCUT2D eigenvalue weighted by Gasteiger charge is 2.51. The van der Waals surface area contributed by atoms with E-state index in [1.54, 1.807) is 0 Å². The molecule has 1 amide bonds. The van der Waals surface area contributed by atoms with Crippen LogP contribution in [0.25, 0.3) is 22.4 Å². The number of fused-ring (bicyclic) bond motifs is 1. The first kappa shape index (κ1) is 18.5. The second-order valence-electron chi connectivity index (χ2n) is 9.57. The third-order valence-electron chi connectivity index (χ3n) is 7.30. The lowest BCUT2D eigenvalue weighted by molar-refractivity contribution is -0.126. The highest BCUT2D eigenvalue weighted by Crippen LogP contribution is 2.55. The van der Waals surface area contributed by atoms with Crippen molar-refractivity contribution in [3.8, 4) is 11.5 Å². The Morgan fingerprint density at radius 2 is 1.87 bits per heavy atom. The van der Waals surface area contributed by atoms with Gasteiger partial charge in [-0.3, -0.25) is 4.79 Å². The zero-order valence-corrected chi connectivity index (χ0v) is 17.9. The van der Waals surface area contributed by atoms with E-state index in [0.29, 0.717) is 11.1 Å². The Morgan fingerprint density at radius 3 is 2.60 bits per heavy atom. The quantitative estimate of drug-likeness (QED) is 0.578. The predicted octanol–water partition coefficient (Wildman–Crippen LogP) is 4.78. The zero-order chi connectivity index (χ0) is 20.3. The molecule has 156 valence electrons. The summed E-state index contributed by atoms with van der Waals surface area (Å²) in [5.74, 6) is 3.01. The SMILES string of the molecule is C[C@H](Sc1nnc(-c2c[nH]c3ccccc23)o1)C(=O)NC12CC3CC(CC(C3)C1)C2. The van der Waals surface area contributed by atoms with Crippen LogP contribution < -0.4 is 5.32 Å². The van der Waals surface area contributed by atoms with Gasteiger partial charge in [-0.15, -0.1) is 10.2 Å². The Morgan fingerprint density at radius 1 is 1.17 bits per heavy atom. The van der Waals surface area contributed by atoms with Crippen molar-refractivity contribution in [3.05, 3.63) is 30.5 Å². The number of nitrogens with zero attached hydrogens (tertiary/aromatic N) is 2. The Bertz CT molecular complexity index is 1070. The highest BCUT2D eigenvalue weighted by molar-refractivity contribution is 8.00. The van der Waals surface area contributed by atoms with Gasteiger partial charge in [-0.25, -0.2) is 0 Å². The maximum atomic E-state index is 13.0. The average molecular weight is 423 g/mol. The number of hydrogen-bond acceptors (Lipinski definition) is 5. The second kappa shape index (κ2) is 6.87. The van der Waals surface area contributed by atoms with Gasteiger partial charge in [0.15, 0.2) is 0 Å². The topological polar surface area (TPSA) is 83.8 Å². The number of aromatic amines is 1. The van der Waals surface area contributed by atoms with Crippen molar-refractivity contribution in [2.45, 2.75) is 61.5 Å². The van der Waals surface area contributed by atoms with E-state index in [1.807, 2.05) is 37.4 Å². The van der Waals surface area contributed by atoms with Crippen LogP contribution in [0.5, 0.6) is 0 Å². The van der Waals surface area contributed by atoms with Gasteiger partial charge in [0.1, 0.15) is 0 Å². The van der Waals surface area contributed by atoms with Crippen LogP contribution in [0.4, 0.5) is 0 Å². The summed E-state index contributed by atoms with van der Waals surface area (Å²) < 4.78 is 5.89. The van der Waals surface area contributed by atoms with Crippen molar-refractivity contribution >= 4 is 28.6 Å². The fourth-order valence-electron chi connectivity index (χ4n) is 6.45. The third kappa shape index (κ3) is 3.14. The number of benzene rings is 1. The van der Waals surface area contributed by atoms with E-state index < -0.39 is 0 Å². The van der Waals surface area contributed by atoms with E-state index in [0.717, 1.165) is 53.5 Å². The summed E-state index contributed by atoms with van der Waals surface area (Å²) in [5, 5.41) is 13.1. The van der Waals surface area contributed by atoms with Gasteiger partial charge in [-0.05, 0) is 69.3 Å². The van der Waals surface area contributed by atoms with Crippen molar-refractivity contribution in [2.24, 2.45) is 17.8 Å². The van der Waals surface area contributed by atoms with E-state index >= 15 is 0 Å². The summed E-state index contributed by atoms with van der Waals surface area (Å²) in [6.07, 6.45) is 9.48. The Labute approximate surface area is 179 Å². The second-order valence-corrected chi connectivity index (χ2v) is 10.9. The molecule has 4 aliphatic carbocycles. The number of carbonyl (C=O) groups is 1. The number of H-pyrrole nitrogens is 1. The summed E-state index contributed by atoms with van der Waals surface area (Å²) in [7, 11) is 0. The molecule has 4 aliphatic rings. The molecule has 0 saturated heterocycles. The van der Waals surface area contributed by atoms with Gasteiger partial charge in [0.25, 0.3) is 11.1 Å². The fourth-order valence-corrected chi connectivity index (χ4v) is 7.13. The molecular weight excluding hydrogens is 396 g/mol. The molecule has 3 aromatic rings. The van der Waals surface area contributed by atoms with Gasteiger partial charge in [0.05, 0.1) is 10.8 Å². The molecule has 0 spiro atoms. The monoisotopic (exact) mass is 422 g/mol. The third-order valence-corrected chi connectivity index (χ3v) is 8.23. The first-order valence-corrected chi connectivity index (χ1v) is 11.8. The smallest absolute Gasteiger partial charge is 0.277 e. The van der Waals surface area contributed by atoms with E-state index in [2.05, 4.69) is 20.5 Å². The van der Waals surface area contributed by atoms with Crippen LogP contribution in [0, 0.1) is 17.8 Å². The lowest BCUT2D eigenvalue weighted by Gasteiger charge is -2.57. The van der Waals surface area contributed by atoms with E-state index in [-0.39, 0.29) is 16.7 Å². The molecule has 2 heterocycles. The molecule has 4 bridgehead atoms. The fraction of sp³-hybridized carbons (Fsp3) is 0.522.